The lowest BCUT2D eigenvalue weighted by atomic mass is 9.98. The standard InChI is InChI=1S/C16H23N3S/c1-3-9-17-16(13-8-10-18-19(13)2)15-11-12-6-4-5-7-14(12)20-15/h8,10-11,16-17H,3-7,9H2,1-2H3. The van der Waals surface area contributed by atoms with Crippen LogP contribution in [0.5, 0.6) is 0 Å². The van der Waals surface area contributed by atoms with Crippen molar-refractivity contribution >= 4 is 11.3 Å². The van der Waals surface area contributed by atoms with Gasteiger partial charge in [-0.2, -0.15) is 5.10 Å². The summed E-state index contributed by atoms with van der Waals surface area (Å²) in [6.45, 7) is 3.26. The minimum atomic E-state index is 0.290. The number of thiophene rings is 1. The largest absolute Gasteiger partial charge is 0.304 e. The van der Waals surface area contributed by atoms with E-state index in [1.807, 2.05) is 29.3 Å². The maximum absolute atomic E-state index is 4.33. The molecule has 0 saturated heterocycles. The van der Waals surface area contributed by atoms with Crippen LogP contribution >= 0.6 is 11.3 Å². The van der Waals surface area contributed by atoms with Crippen molar-refractivity contribution in [1.82, 2.24) is 15.1 Å². The van der Waals surface area contributed by atoms with Crippen LogP contribution in [-0.2, 0) is 19.9 Å². The summed E-state index contributed by atoms with van der Waals surface area (Å²) in [5.74, 6) is 0. The van der Waals surface area contributed by atoms with Gasteiger partial charge in [-0.1, -0.05) is 6.92 Å². The van der Waals surface area contributed by atoms with E-state index in [0.29, 0.717) is 0 Å². The number of aromatic nitrogens is 2. The fraction of sp³-hybridized carbons (Fsp3) is 0.562. The van der Waals surface area contributed by atoms with Crippen LogP contribution in [0, 0.1) is 0 Å². The molecule has 0 aliphatic heterocycles. The zero-order valence-corrected chi connectivity index (χ0v) is 13.2. The van der Waals surface area contributed by atoms with Crippen LogP contribution in [0.15, 0.2) is 18.3 Å². The predicted octanol–water partition coefficient (Wildman–Crippen LogP) is 3.45. The highest BCUT2D eigenvalue weighted by atomic mass is 32.1. The van der Waals surface area contributed by atoms with Gasteiger partial charge in [0.25, 0.3) is 0 Å². The van der Waals surface area contributed by atoms with Crippen LogP contribution in [0.4, 0.5) is 0 Å². The zero-order valence-electron chi connectivity index (χ0n) is 12.4. The molecule has 2 heterocycles. The van der Waals surface area contributed by atoms with E-state index >= 15 is 0 Å². The Morgan fingerprint density at radius 1 is 1.40 bits per heavy atom. The van der Waals surface area contributed by atoms with Gasteiger partial charge in [-0.05, 0) is 56.3 Å². The minimum Gasteiger partial charge on any atom is -0.304 e. The summed E-state index contributed by atoms with van der Waals surface area (Å²) in [5.41, 5.74) is 2.85. The first kappa shape index (κ1) is 13.8. The fourth-order valence-corrected chi connectivity index (χ4v) is 4.31. The molecule has 0 aromatic carbocycles. The summed E-state index contributed by atoms with van der Waals surface area (Å²) >= 11 is 2.00. The van der Waals surface area contributed by atoms with E-state index < -0.39 is 0 Å². The summed E-state index contributed by atoms with van der Waals surface area (Å²) in [7, 11) is 2.03. The van der Waals surface area contributed by atoms with E-state index in [2.05, 4.69) is 29.5 Å². The van der Waals surface area contributed by atoms with E-state index in [4.69, 9.17) is 0 Å². The SMILES string of the molecule is CCCNC(c1cc2c(s1)CCCC2)c1ccnn1C. The molecule has 1 aliphatic rings. The maximum Gasteiger partial charge on any atom is 0.0841 e. The molecular formula is C16H23N3S. The van der Waals surface area contributed by atoms with Crippen LogP contribution in [0.25, 0.3) is 0 Å². The number of nitrogens with zero attached hydrogens (tertiary/aromatic N) is 2. The van der Waals surface area contributed by atoms with Crippen molar-refractivity contribution in [2.75, 3.05) is 6.54 Å². The molecular weight excluding hydrogens is 266 g/mol. The minimum absolute atomic E-state index is 0.290. The third kappa shape index (κ3) is 2.67. The molecule has 0 saturated carbocycles. The zero-order chi connectivity index (χ0) is 13.9. The Hall–Kier alpha value is -1.13. The van der Waals surface area contributed by atoms with E-state index in [1.54, 1.807) is 10.4 Å². The van der Waals surface area contributed by atoms with E-state index in [0.717, 1.165) is 13.0 Å². The monoisotopic (exact) mass is 289 g/mol. The quantitative estimate of drug-likeness (QED) is 0.913. The first-order valence-corrected chi connectivity index (χ1v) is 8.44. The van der Waals surface area contributed by atoms with Gasteiger partial charge in [-0.25, -0.2) is 0 Å². The average Bonchev–Trinajstić information content (AvgIpc) is 3.06. The van der Waals surface area contributed by atoms with E-state index in [9.17, 15) is 0 Å². The molecule has 3 rings (SSSR count). The Bertz CT molecular complexity index is 547. The van der Waals surface area contributed by atoms with Crippen molar-refractivity contribution in [2.24, 2.45) is 7.05 Å². The molecule has 1 atom stereocenters. The van der Waals surface area contributed by atoms with Crippen molar-refractivity contribution in [1.29, 1.82) is 0 Å². The highest BCUT2D eigenvalue weighted by Gasteiger charge is 2.22. The van der Waals surface area contributed by atoms with Gasteiger partial charge in [-0.3, -0.25) is 4.68 Å². The van der Waals surface area contributed by atoms with Gasteiger partial charge in [0.05, 0.1) is 11.7 Å². The number of fused-ring (bicyclic) bond motifs is 1. The Balaban J connectivity index is 1.92. The maximum atomic E-state index is 4.33. The van der Waals surface area contributed by atoms with Crippen molar-refractivity contribution in [3.63, 3.8) is 0 Å². The summed E-state index contributed by atoms with van der Waals surface area (Å²) in [6, 6.07) is 4.85. The van der Waals surface area contributed by atoms with Crippen molar-refractivity contribution in [2.45, 2.75) is 45.1 Å². The molecule has 1 unspecified atom stereocenters. The van der Waals surface area contributed by atoms with Gasteiger partial charge in [0.1, 0.15) is 0 Å². The van der Waals surface area contributed by atoms with Crippen LogP contribution in [-0.4, -0.2) is 16.3 Å². The van der Waals surface area contributed by atoms with Gasteiger partial charge in [0.15, 0.2) is 0 Å². The fourth-order valence-electron chi connectivity index (χ4n) is 2.96. The molecule has 0 amide bonds. The van der Waals surface area contributed by atoms with Crippen molar-refractivity contribution in [3.8, 4) is 0 Å². The number of nitrogens with one attached hydrogen (secondary N) is 1. The lowest BCUT2D eigenvalue weighted by molar-refractivity contribution is 0.559. The first-order valence-electron chi connectivity index (χ1n) is 7.62. The van der Waals surface area contributed by atoms with Crippen molar-refractivity contribution < 1.29 is 0 Å². The summed E-state index contributed by atoms with van der Waals surface area (Å²) in [6.07, 6.45) is 8.28. The molecule has 108 valence electrons. The lowest BCUT2D eigenvalue weighted by Crippen LogP contribution is -2.24. The Morgan fingerprint density at radius 2 is 2.25 bits per heavy atom. The molecule has 3 nitrogen and oxygen atoms in total. The Kier molecular flexibility index (Phi) is 4.22. The number of aryl methyl sites for hydroxylation is 3. The topological polar surface area (TPSA) is 29.9 Å². The second kappa shape index (κ2) is 6.10. The molecule has 0 spiro atoms. The Labute approximate surface area is 125 Å². The van der Waals surface area contributed by atoms with Crippen LogP contribution in [0.1, 0.15) is 53.2 Å². The van der Waals surface area contributed by atoms with E-state index in [-0.39, 0.29) is 6.04 Å². The summed E-state index contributed by atoms with van der Waals surface area (Å²) in [4.78, 5) is 3.06. The first-order chi connectivity index (χ1) is 9.79. The van der Waals surface area contributed by atoms with Gasteiger partial charge in [-0.15, -0.1) is 11.3 Å². The summed E-state index contributed by atoms with van der Waals surface area (Å²) < 4.78 is 1.99. The molecule has 2 aromatic rings. The molecule has 4 heteroatoms. The average molecular weight is 289 g/mol. The predicted molar refractivity (Wildman–Crippen MR) is 84.3 cm³/mol. The molecule has 0 bridgehead atoms. The number of rotatable bonds is 5. The van der Waals surface area contributed by atoms with Crippen LogP contribution in [0.2, 0.25) is 0 Å². The summed E-state index contributed by atoms with van der Waals surface area (Å²) in [5, 5.41) is 8.02. The van der Waals surface area contributed by atoms with Crippen LogP contribution < -0.4 is 5.32 Å². The highest BCUT2D eigenvalue weighted by Crippen LogP contribution is 2.35. The van der Waals surface area contributed by atoms with Crippen molar-refractivity contribution in [3.05, 3.63) is 39.3 Å². The lowest BCUT2D eigenvalue weighted by Gasteiger charge is -2.17. The second-order valence-corrected chi connectivity index (χ2v) is 6.74. The van der Waals surface area contributed by atoms with Crippen LogP contribution in [0.3, 0.4) is 0 Å². The third-order valence-corrected chi connectivity index (χ3v) is 5.36. The molecule has 1 aliphatic carbocycles. The van der Waals surface area contributed by atoms with Gasteiger partial charge >= 0.3 is 0 Å². The van der Waals surface area contributed by atoms with Gasteiger partial charge in [0, 0.05) is 23.0 Å². The molecule has 0 radical (unpaired) electrons. The third-order valence-electron chi connectivity index (χ3n) is 4.05. The number of hydrogen-bond acceptors (Lipinski definition) is 3. The molecule has 0 fully saturated rings. The second-order valence-electron chi connectivity index (χ2n) is 5.57. The highest BCUT2D eigenvalue weighted by molar-refractivity contribution is 7.12. The van der Waals surface area contributed by atoms with Gasteiger partial charge in [0.2, 0.25) is 0 Å². The smallest absolute Gasteiger partial charge is 0.0841 e. The Morgan fingerprint density at radius 3 is 2.95 bits per heavy atom. The molecule has 2 aromatic heterocycles. The normalized spacial score (nSPS) is 16.1. The van der Waals surface area contributed by atoms with E-state index in [1.165, 1.54) is 36.3 Å². The number of hydrogen-bond donors (Lipinski definition) is 1. The molecule has 1 N–H and O–H groups in total. The van der Waals surface area contributed by atoms with Gasteiger partial charge < -0.3 is 5.32 Å². The molecule has 20 heavy (non-hydrogen) atoms.